The number of hydrogen-bond donors (Lipinski definition) is 4. The molecule has 0 amide bonds. The molecule has 0 spiro atoms. The van der Waals surface area contributed by atoms with Gasteiger partial charge in [0.15, 0.2) is 11.7 Å². The second-order valence-corrected chi connectivity index (χ2v) is 7.04. The van der Waals surface area contributed by atoms with Crippen LogP contribution in [0.25, 0.3) is 0 Å². The Labute approximate surface area is 188 Å². The van der Waals surface area contributed by atoms with E-state index in [-0.39, 0.29) is 36.5 Å². The monoisotopic (exact) mass is 454 g/mol. The van der Waals surface area contributed by atoms with Crippen molar-refractivity contribution in [1.82, 2.24) is 0 Å². The van der Waals surface area contributed by atoms with Gasteiger partial charge < -0.3 is 21.9 Å². The van der Waals surface area contributed by atoms with Crippen molar-refractivity contribution in [3.8, 4) is 0 Å². The summed E-state index contributed by atoms with van der Waals surface area (Å²) < 4.78 is 0. The van der Waals surface area contributed by atoms with Crippen LogP contribution in [0.5, 0.6) is 0 Å². The molecule has 2 unspecified atom stereocenters. The van der Waals surface area contributed by atoms with Gasteiger partial charge in [0.2, 0.25) is 0 Å². The first-order valence-electron chi connectivity index (χ1n) is 8.81. The van der Waals surface area contributed by atoms with Crippen molar-refractivity contribution in [3.05, 3.63) is 71.8 Å². The summed E-state index contributed by atoms with van der Waals surface area (Å²) in [7, 11) is 0. The minimum absolute atomic E-state index is 0. The zero-order chi connectivity index (χ0) is 20.6. The van der Waals surface area contributed by atoms with Gasteiger partial charge in [-0.05, 0) is 25.0 Å². The molecule has 30 heavy (non-hydrogen) atoms. The summed E-state index contributed by atoms with van der Waals surface area (Å²) >= 11 is 0. The van der Waals surface area contributed by atoms with Crippen LogP contribution in [0, 0.1) is 0 Å². The number of amidine groups is 2. The second-order valence-electron chi connectivity index (χ2n) is 7.04. The number of benzene rings is 2. The average molecular weight is 455 g/mol. The molecule has 8 nitrogen and oxygen atoms in total. The summed E-state index contributed by atoms with van der Waals surface area (Å²) in [5, 5.41) is 33.5. The summed E-state index contributed by atoms with van der Waals surface area (Å²) in [6.07, 6.45) is 0.732. The zero-order valence-electron chi connectivity index (χ0n) is 16.8. The minimum Gasteiger partial charge on any atom is -0.409 e. The van der Waals surface area contributed by atoms with E-state index in [2.05, 4.69) is 20.5 Å². The Kier molecular flexibility index (Phi) is 10.9. The molecule has 2 atom stereocenters. The number of azo groups is 1. The van der Waals surface area contributed by atoms with Crippen LogP contribution in [-0.2, 0) is 12.8 Å². The molecule has 2 aromatic carbocycles. The predicted octanol–water partition coefficient (Wildman–Crippen LogP) is 3.78. The lowest BCUT2D eigenvalue weighted by Gasteiger charge is -2.27. The van der Waals surface area contributed by atoms with Crippen molar-refractivity contribution >= 4 is 36.5 Å². The lowest BCUT2D eigenvalue weighted by molar-refractivity contribution is 0.308. The van der Waals surface area contributed by atoms with E-state index in [9.17, 15) is 10.4 Å². The van der Waals surface area contributed by atoms with Gasteiger partial charge >= 0.3 is 0 Å². The molecule has 0 fully saturated rings. The molecule has 0 saturated heterocycles. The highest BCUT2D eigenvalue weighted by atomic mass is 35.5. The molecule has 0 aliphatic rings. The number of nitrogens with two attached hydrogens (primary N) is 2. The van der Waals surface area contributed by atoms with Crippen LogP contribution in [0.15, 0.2) is 81.2 Å². The number of nitrogens with zero attached hydrogens (tertiary/aromatic N) is 4. The molecule has 0 bridgehead atoms. The van der Waals surface area contributed by atoms with Gasteiger partial charge in [-0.3, -0.25) is 0 Å². The molecule has 2 aromatic rings. The van der Waals surface area contributed by atoms with E-state index in [0.717, 1.165) is 11.1 Å². The predicted molar refractivity (Wildman–Crippen MR) is 123 cm³/mol. The van der Waals surface area contributed by atoms with E-state index in [4.69, 9.17) is 11.5 Å². The maximum absolute atomic E-state index is 9.24. The van der Waals surface area contributed by atoms with Gasteiger partial charge in [-0.25, -0.2) is 0 Å². The third-order valence-electron chi connectivity index (χ3n) is 4.59. The van der Waals surface area contributed by atoms with Gasteiger partial charge in [-0.15, -0.1) is 24.8 Å². The highest BCUT2D eigenvalue weighted by molar-refractivity contribution is 5.91. The van der Waals surface area contributed by atoms with Crippen molar-refractivity contribution in [2.75, 3.05) is 0 Å². The lowest BCUT2D eigenvalue weighted by atomic mass is 9.91. The highest BCUT2D eigenvalue weighted by Gasteiger charge is 2.35. The Morgan fingerprint density at radius 2 is 1.00 bits per heavy atom. The standard InChI is InChI=1S/C20H26N6O2.2ClH/c1-19(17(21)23-27,13-15-9-5-3-6-10-15)25-26-20(2,18(22)24-28)14-16-11-7-4-8-12-16;;/h3-12,27-28H,13-14H2,1-2H3,(H2,21,23)(H2,22,24);2*1H. The molecule has 164 valence electrons. The van der Waals surface area contributed by atoms with Crippen molar-refractivity contribution in [2.24, 2.45) is 32.0 Å². The minimum atomic E-state index is -1.11. The Morgan fingerprint density at radius 3 is 1.27 bits per heavy atom. The van der Waals surface area contributed by atoms with Crippen molar-refractivity contribution in [1.29, 1.82) is 0 Å². The van der Waals surface area contributed by atoms with E-state index >= 15 is 0 Å². The van der Waals surface area contributed by atoms with Crippen molar-refractivity contribution in [3.63, 3.8) is 0 Å². The lowest BCUT2D eigenvalue weighted by Crippen LogP contribution is -2.45. The third kappa shape index (κ3) is 6.89. The molecular weight excluding hydrogens is 427 g/mol. The molecular formula is C20H28Cl2N6O2. The fraction of sp³-hybridized carbons (Fsp3) is 0.300. The number of rotatable bonds is 8. The van der Waals surface area contributed by atoms with Crippen LogP contribution in [0.2, 0.25) is 0 Å². The van der Waals surface area contributed by atoms with Crippen LogP contribution in [0.4, 0.5) is 0 Å². The van der Waals surface area contributed by atoms with Gasteiger partial charge in [0.25, 0.3) is 0 Å². The number of oxime groups is 2. The molecule has 0 aliphatic heterocycles. The van der Waals surface area contributed by atoms with Gasteiger partial charge in [0.05, 0.1) is 0 Å². The van der Waals surface area contributed by atoms with E-state index in [1.807, 2.05) is 60.7 Å². The van der Waals surface area contributed by atoms with Crippen LogP contribution in [-0.4, -0.2) is 33.2 Å². The van der Waals surface area contributed by atoms with Crippen molar-refractivity contribution in [2.45, 2.75) is 37.8 Å². The SMILES string of the molecule is CC(Cc1ccccc1)(N=NC(C)(Cc1ccccc1)/C(N)=N/O)/C(N)=N/O.Cl.Cl. The Bertz CT molecular complexity index is 793. The Morgan fingerprint density at radius 1 is 0.700 bits per heavy atom. The Hall–Kier alpha value is -2.84. The highest BCUT2D eigenvalue weighted by Crippen LogP contribution is 2.24. The largest absolute Gasteiger partial charge is 0.409 e. The molecule has 0 saturated carbocycles. The average Bonchev–Trinajstić information content (AvgIpc) is 2.72. The molecule has 0 aromatic heterocycles. The third-order valence-corrected chi connectivity index (χ3v) is 4.59. The normalized spacial score (nSPS) is 16.1. The second kappa shape index (κ2) is 12.0. The molecule has 2 rings (SSSR count). The van der Waals surface area contributed by atoms with Gasteiger partial charge in [-0.2, -0.15) is 10.2 Å². The smallest absolute Gasteiger partial charge is 0.169 e. The van der Waals surface area contributed by atoms with E-state index < -0.39 is 11.1 Å². The summed E-state index contributed by atoms with van der Waals surface area (Å²) in [5.41, 5.74) is 11.5. The quantitative estimate of drug-likeness (QED) is 0.158. The van der Waals surface area contributed by atoms with Crippen molar-refractivity contribution < 1.29 is 10.4 Å². The maximum Gasteiger partial charge on any atom is 0.169 e. The van der Waals surface area contributed by atoms with Gasteiger partial charge in [-0.1, -0.05) is 71.0 Å². The first-order chi connectivity index (χ1) is 13.3. The molecule has 0 radical (unpaired) electrons. The number of halogens is 2. The van der Waals surface area contributed by atoms with Crippen LogP contribution in [0.3, 0.4) is 0 Å². The van der Waals surface area contributed by atoms with E-state index in [1.54, 1.807) is 13.8 Å². The first-order valence-corrected chi connectivity index (χ1v) is 8.81. The van der Waals surface area contributed by atoms with E-state index in [1.165, 1.54) is 0 Å². The van der Waals surface area contributed by atoms with Crippen LogP contribution >= 0.6 is 24.8 Å². The zero-order valence-corrected chi connectivity index (χ0v) is 18.5. The molecule has 10 heteroatoms. The summed E-state index contributed by atoms with van der Waals surface area (Å²) in [5.74, 6) is -0.164. The summed E-state index contributed by atoms with van der Waals surface area (Å²) in [6, 6.07) is 19.1. The summed E-state index contributed by atoms with van der Waals surface area (Å²) in [4.78, 5) is 0. The first kappa shape index (κ1) is 27.2. The molecule has 0 heterocycles. The molecule has 0 aliphatic carbocycles. The van der Waals surface area contributed by atoms with Crippen LogP contribution in [0.1, 0.15) is 25.0 Å². The van der Waals surface area contributed by atoms with Crippen LogP contribution < -0.4 is 11.5 Å². The van der Waals surface area contributed by atoms with E-state index in [0.29, 0.717) is 12.8 Å². The maximum atomic E-state index is 9.24. The Balaban J connectivity index is 0.00000420. The fourth-order valence-electron chi connectivity index (χ4n) is 2.78. The fourth-order valence-corrected chi connectivity index (χ4v) is 2.78. The topological polar surface area (TPSA) is 142 Å². The molecule has 6 N–H and O–H groups in total. The van der Waals surface area contributed by atoms with Gasteiger partial charge in [0.1, 0.15) is 11.1 Å². The summed E-state index contributed by atoms with van der Waals surface area (Å²) in [6.45, 7) is 3.43. The number of hydrogen-bond acceptors (Lipinski definition) is 6. The van der Waals surface area contributed by atoms with Gasteiger partial charge in [0, 0.05) is 12.8 Å².